The third-order valence-electron chi connectivity index (χ3n) is 3.86. The number of benzene rings is 1. The van der Waals surface area contributed by atoms with Crippen LogP contribution in [0.2, 0.25) is 0 Å². The van der Waals surface area contributed by atoms with Gasteiger partial charge in [-0.3, -0.25) is 9.59 Å². The summed E-state index contributed by atoms with van der Waals surface area (Å²) >= 11 is 0. The van der Waals surface area contributed by atoms with Gasteiger partial charge in [0.05, 0.1) is 21.7 Å². The molecule has 2 amide bonds. The second kappa shape index (κ2) is 7.52. The summed E-state index contributed by atoms with van der Waals surface area (Å²) in [6, 6.07) is 5.38. The van der Waals surface area contributed by atoms with Crippen molar-refractivity contribution in [3.63, 3.8) is 0 Å². The molecule has 1 atom stereocenters. The number of amides is 2. The van der Waals surface area contributed by atoms with Gasteiger partial charge in [0, 0.05) is 25.6 Å². The van der Waals surface area contributed by atoms with Crippen LogP contribution < -0.4 is 10.6 Å². The van der Waals surface area contributed by atoms with Crippen LogP contribution in [-0.2, 0) is 24.5 Å². The molecule has 1 aromatic carbocycles. The smallest absolute Gasteiger partial charge is 0.251 e. The van der Waals surface area contributed by atoms with Gasteiger partial charge in [-0.25, -0.2) is 16.8 Å². The van der Waals surface area contributed by atoms with E-state index in [0.717, 1.165) is 0 Å². The van der Waals surface area contributed by atoms with Gasteiger partial charge in [-0.2, -0.15) is 0 Å². The summed E-state index contributed by atoms with van der Waals surface area (Å²) in [4.78, 5) is 22.7. The molecule has 1 fully saturated rings. The molecular formula is C15H20N2O6S2. The van der Waals surface area contributed by atoms with Crippen LogP contribution in [0.5, 0.6) is 0 Å². The Morgan fingerprint density at radius 2 is 1.72 bits per heavy atom. The van der Waals surface area contributed by atoms with Gasteiger partial charge >= 0.3 is 0 Å². The van der Waals surface area contributed by atoms with Crippen molar-refractivity contribution < 1.29 is 26.4 Å². The highest BCUT2D eigenvalue weighted by molar-refractivity contribution is 7.96. The van der Waals surface area contributed by atoms with Crippen molar-refractivity contribution in [1.82, 2.24) is 10.6 Å². The van der Waals surface area contributed by atoms with E-state index in [-0.39, 0.29) is 40.8 Å². The van der Waals surface area contributed by atoms with Crippen molar-refractivity contribution in [2.75, 3.05) is 24.6 Å². The molecule has 0 spiro atoms. The van der Waals surface area contributed by atoms with Gasteiger partial charge in [-0.1, -0.05) is 0 Å². The quantitative estimate of drug-likeness (QED) is 0.634. The molecule has 0 bridgehead atoms. The molecule has 1 unspecified atom stereocenters. The first-order valence-electron chi connectivity index (χ1n) is 7.69. The van der Waals surface area contributed by atoms with Crippen LogP contribution in [0.1, 0.15) is 23.7 Å². The number of carbonyl (C=O) groups excluding carboxylic acids is 2. The van der Waals surface area contributed by atoms with Crippen LogP contribution in [-0.4, -0.2) is 58.5 Å². The molecule has 1 saturated heterocycles. The Kier molecular flexibility index (Phi) is 5.83. The molecule has 25 heavy (non-hydrogen) atoms. The third kappa shape index (κ3) is 5.02. The zero-order valence-electron chi connectivity index (χ0n) is 13.7. The molecule has 10 heteroatoms. The number of sulfone groups is 2. The van der Waals surface area contributed by atoms with Crippen molar-refractivity contribution in [2.45, 2.75) is 23.5 Å². The lowest BCUT2D eigenvalue weighted by atomic mass is 10.2. The Balaban J connectivity index is 2.01. The molecule has 1 aliphatic heterocycles. The molecule has 2 rings (SSSR count). The van der Waals surface area contributed by atoms with E-state index in [1.807, 2.05) is 0 Å². The Labute approximate surface area is 146 Å². The van der Waals surface area contributed by atoms with E-state index in [1.165, 1.54) is 31.2 Å². The fourth-order valence-electron chi connectivity index (χ4n) is 2.51. The maximum Gasteiger partial charge on any atom is 0.251 e. The molecule has 8 nitrogen and oxygen atoms in total. The van der Waals surface area contributed by atoms with Crippen LogP contribution >= 0.6 is 0 Å². The van der Waals surface area contributed by atoms with Gasteiger partial charge in [0.25, 0.3) is 5.91 Å². The second-order valence-electron chi connectivity index (χ2n) is 5.83. The Morgan fingerprint density at radius 1 is 1.12 bits per heavy atom. The summed E-state index contributed by atoms with van der Waals surface area (Å²) in [6.45, 7) is 1.92. The third-order valence-corrected chi connectivity index (χ3v) is 8.05. The molecule has 0 aromatic heterocycles. The second-order valence-corrected chi connectivity index (χ2v) is 10.3. The lowest BCUT2D eigenvalue weighted by Crippen LogP contribution is -2.33. The summed E-state index contributed by atoms with van der Waals surface area (Å²) in [6.07, 6.45) is 0.0933. The lowest BCUT2D eigenvalue weighted by Gasteiger charge is -2.11. The first-order chi connectivity index (χ1) is 11.6. The predicted octanol–water partition coefficient (Wildman–Crippen LogP) is -0.487. The van der Waals surface area contributed by atoms with Crippen molar-refractivity contribution in [3.8, 4) is 0 Å². The van der Waals surface area contributed by atoms with Gasteiger partial charge in [0.1, 0.15) is 0 Å². The highest BCUT2D eigenvalue weighted by Crippen LogP contribution is 2.25. The number of rotatable bonds is 6. The van der Waals surface area contributed by atoms with Crippen LogP contribution in [0.4, 0.5) is 0 Å². The van der Waals surface area contributed by atoms with Gasteiger partial charge in [-0.15, -0.1) is 0 Å². The van der Waals surface area contributed by atoms with E-state index in [2.05, 4.69) is 10.6 Å². The standard InChI is InChI=1S/C15H20N2O6S2/c1-11(18)16-7-8-17-15(19)12-2-4-13(5-3-12)25(22,23)14-6-9-24(20,21)10-14/h2-5,14H,6-10H2,1H3,(H,16,18)(H,17,19). The van der Waals surface area contributed by atoms with E-state index < -0.39 is 30.8 Å². The number of hydrogen-bond acceptors (Lipinski definition) is 6. The van der Waals surface area contributed by atoms with Crippen molar-refractivity contribution in [3.05, 3.63) is 29.8 Å². The van der Waals surface area contributed by atoms with Gasteiger partial charge in [0.15, 0.2) is 19.7 Å². The lowest BCUT2D eigenvalue weighted by molar-refractivity contribution is -0.118. The zero-order chi connectivity index (χ0) is 18.7. The molecule has 1 aliphatic rings. The van der Waals surface area contributed by atoms with E-state index >= 15 is 0 Å². The fourth-order valence-corrected chi connectivity index (χ4v) is 6.87. The van der Waals surface area contributed by atoms with Crippen LogP contribution in [0.25, 0.3) is 0 Å². The van der Waals surface area contributed by atoms with E-state index in [0.29, 0.717) is 6.54 Å². The minimum absolute atomic E-state index is 0.00407. The molecule has 2 N–H and O–H groups in total. The molecule has 0 aliphatic carbocycles. The minimum Gasteiger partial charge on any atom is -0.355 e. The molecular weight excluding hydrogens is 368 g/mol. The molecule has 1 heterocycles. The van der Waals surface area contributed by atoms with Gasteiger partial charge in [-0.05, 0) is 30.7 Å². The summed E-state index contributed by atoms with van der Waals surface area (Å²) in [5, 5.41) is 4.20. The van der Waals surface area contributed by atoms with E-state index in [9.17, 15) is 26.4 Å². The van der Waals surface area contributed by atoms with Crippen molar-refractivity contribution >= 4 is 31.5 Å². The number of carbonyl (C=O) groups is 2. The van der Waals surface area contributed by atoms with Crippen molar-refractivity contribution in [2.24, 2.45) is 0 Å². The molecule has 138 valence electrons. The molecule has 0 radical (unpaired) electrons. The summed E-state index contributed by atoms with van der Waals surface area (Å²) in [5.41, 5.74) is 0.279. The SMILES string of the molecule is CC(=O)NCCNC(=O)c1ccc(S(=O)(=O)C2CCS(=O)(=O)C2)cc1. The molecule has 0 saturated carbocycles. The predicted molar refractivity (Wildman–Crippen MR) is 91.7 cm³/mol. The largest absolute Gasteiger partial charge is 0.355 e. The Hall–Kier alpha value is -1.94. The highest BCUT2D eigenvalue weighted by Gasteiger charge is 2.37. The Morgan fingerprint density at radius 3 is 2.24 bits per heavy atom. The van der Waals surface area contributed by atoms with Crippen LogP contribution in [0, 0.1) is 0 Å². The first kappa shape index (κ1) is 19.4. The maximum atomic E-state index is 12.5. The van der Waals surface area contributed by atoms with Crippen LogP contribution in [0.3, 0.4) is 0 Å². The molecule has 1 aromatic rings. The summed E-state index contributed by atoms with van der Waals surface area (Å²) < 4.78 is 47.9. The zero-order valence-corrected chi connectivity index (χ0v) is 15.3. The van der Waals surface area contributed by atoms with Gasteiger partial charge in [0.2, 0.25) is 5.91 Å². The average Bonchev–Trinajstić information content (AvgIpc) is 2.92. The topological polar surface area (TPSA) is 126 Å². The number of nitrogens with one attached hydrogen (secondary N) is 2. The minimum atomic E-state index is -3.74. The highest BCUT2D eigenvalue weighted by atomic mass is 32.2. The number of hydrogen-bond donors (Lipinski definition) is 2. The summed E-state index contributed by atoms with van der Waals surface area (Å²) in [7, 11) is -7.04. The van der Waals surface area contributed by atoms with E-state index in [1.54, 1.807) is 0 Å². The van der Waals surface area contributed by atoms with E-state index in [4.69, 9.17) is 0 Å². The van der Waals surface area contributed by atoms with Gasteiger partial charge < -0.3 is 10.6 Å². The fraction of sp³-hybridized carbons (Fsp3) is 0.467. The maximum absolute atomic E-state index is 12.5. The normalized spacial score (nSPS) is 19.3. The Bertz CT molecular complexity index is 860. The summed E-state index contributed by atoms with van der Waals surface area (Å²) in [5.74, 6) is -1.07. The van der Waals surface area contributed by atoms with Crippen LogP contribution in [0.15, 0.2) is 29.2 Å². The average molecular weight is 388 g/mol. The monoisotopic (exact) mass is 388 g/mol. The van der Waals surface area contributed by atoms with Crippen molar-refractivity contribution in [1.29, 1.82) is 0 Å². The first-order valence-corrected chi connectivity index (χ1v) is 11.1.